The van der Waals surface area contributed by atoms with Crippen LogP contribution in [0.15, 0.2) is 103 Å². The van der Waals surface area contributed by atoms with Gasteiger partial charge in [-0.05, 0) is 65.4 Å². The number of amides is 1. The Morgan fingerprint density at radius 2 is 1.60 bits per heavy atom. The van der Waals surface area contributed by atoms with Gasteiger partial charge in [0.25, 0.3) is 5.91 Å². The molecule has 4 aromatic rings. The zero-order valence-corrected chi connectivity index (χ0v) is 25.7. The minimum absolute atomic E-state index is 0.00477. The Morgan fingerprint density at radius 3 is 2.33 bits per heavy atom. The van der Waals surface area contributed by atoms with Crippen LogP contribution in [0.4, 0.5) is 0 Å². The third-order valence-corrected chi connectivity index (χ3v) is 9.18. The van der Waals surface area contributed by atoms with Crippen LogP contribution >= 0.6 is 0 Å². The number of likely N-dealkylation sites (tertiary alicyclic amines) is 1. The van der Waals surface area contributed by atoms with Gasteiger partial charge in [-0.15, -0.1) is 0 Å². The first-order valence-electron chi connectivity index (χ1n) is 15.9. The third-order valence-electron chi connectivity index (χ3n) is 9.18. The molecule has 0 radical (unpaired) electrons. The number of benzene rings is 4. The van der Waals surface area contributed by atoms with Crippen molar-refractivity contribution in [3.05, 3.63) is 131 Å². The molecule has 1 amide bonds. The molecule has 2 saturated heterocycles. The van der Waals surface area contributed by atoms with Gasteiger partial charge >= 0.3 is 0 Å². The number of rotatable bonds is 10. The van der Waals surface area contributed by atoms with Crippen LogP contribution in [0.5, 0.6) is 0 Å². The average molecular weight is 607 g/mol. The molecule has 0 saturated carbocycles. The number of hydrogen-bond acceptors (Lipinski definition) is 6. The van der Waals surface area contributed by atoms with Gasteiger partial charge in [-0.1, -0.05) is 91.9 Å². The van der Waals surface area contributed by atoms with Crippen LogP contribution in [-0.4, -0.2) is 52.9 Å². The number of aliphatic hydroxyl groups is 2. The zero-order chi connectivity index (χ0) is 31.2. The number of hydrogen-bond donors (Lipinski definition) is 3. The molecule has 7 heteroatoms. The molecule has 7 nitrogen and oxygen atoms in total. The predicted molar refractivity (Wildman–Crippen MR) is 174 cm³/mol. The maximum Gasteiger partial charge on any atom is 0.251 e. The maximum atomic E-state index is 12.5. The van der Waals surface area contributed by atoms with E-state index in [-0.39, 0.29) is 43.3 Å². The number of carbonyl (C=O) groups is 1. The van der Waals surface area contributed by atoms with Gasteiger partial charge < -0.3 is 25.0 Å². The molecule has 2 fully saturated rings. The smallest absolute Gasteiger partial charge is 0.251 e. The normalized spacial score (nSPS) is 23.6. The van der Waals surface area contributed by atoms with Crippen molar-refractivity contribution in [3.63, 3.8) is 0 Å². The standard InChI is InChI=1S/C38H42N2O5/c1-26-35(23-40-20-6-11-34(40)25-42)44-38(45-36(26)30-14-12-27(24-41)13-15-30)32-18-16-29(17-19-32)33-10-5-7-28(21-33)22-39-37(43)31-8-3-2-4-9-31/h2-5,7-10,12-19,21,26,34-36,38,41-42H,6,11,20,22-25H2,1H3,(H,39,43)/t26-,34+,35+,36+,38+/m1/s1. The highest BCUT2D eigenvalue weighted by molar-refractivity contribution is 5.94. The molecular weight excluding hydrogens is 564 g/mol. The SMILES string of the molecule is C[C@@H]1[C@H](CN2CCC[C@H]2CO)O[C@H](c2ccc(-c3cccc(CNC(=O)c4ccccc4)c3)cc2)O[C@@H]1c1ccc(CO)cc1. The van der Waals surface area contributed by atoms with E-state index in [2.05, 4.69) is 53.5 Å². The van der Waals surface area contributed by atoms with E-state index in [0.29, 0.717) is 12.1 Å². The van der Waals surface area contributed by atoms with Crippen LogP contribution in [0.3, 0.4) is 0 Å². The van der Waals surface area contributed by atoms with Gasteiger partial charge in [0.2, 0.25) is 0 Å². The zero-order valence-electron chi connectivity index (χ0n) is 25.7. The molecule has 0 aromatic heterocycles. The van der Waals surface area contributed by atoms with E-state index in [4.69, 9.17) is 9.47 Å². The predicted octanol–water partition coefficient (Wildman–Crippen LogP) is 6.02. The summed E-state index contributed by atoms with van der Waals surface area (Å²) in [4.78, 5) is 14.9. The van der Waals surface area contributed by atoms with Crippen LogP contribution < -0.4 is 5.32 Å². The minimum atomic E-state index is -0.544. The lowest BCUT2D eigenvalue weighted by atomic mass is 9.89. The van der Waals surface area contributed by atoms with Crippen molar-refractivity contribution in [3.8, 4) is 11.1 Å². The monoisotopic (exact) mass is 606 g/mol. The molecule has 6 rings (SSSR count). The molecule has 0 unspecified atom stereocenters. The fourth-order valence-electron chi connectivity index (χ4n) is 6.47. The van der Waals surface area contributed by atoms with Crippen LogP contribution in [0.2, 0.25) is 0 Å². The molecule has 45 heavy (non-hydrogen) atoms. The second kappa shape index (κ2) is 14.5. The van der Waals surface area contributed by atoms with Crippen molar-refractivity contribution in [1.29, 1.82) is 0 Å². The number of aliphatic hydroxyl groups excluding tert-OH is 2. The van der Waals surface area contributed by atoms with Gasteiger partial charge in [-0.3, -0.25) is 9.69 Å². The van der Waals surface area contributed by atoms with E-state index in [1.807, 2.05) is 66.7 Å². The van der Waals surface area contributed by atoms with Crippen molar-refractivity contribution in [1.82, 2.24) is 10.2 Å². The number of nitrogens with zero attached hydrogens (tertiary/aromatic N) is 1. The third kappa shape index (κ3) is 7.35. The molecule has 3 N–H and O–H groups in total. The van der Waals surface area contributed by atoms with Crippen molar-refractivity contribution in [2.24, 2.45) is 5.92 Å². The fourth-order valence-corrected chi connectivity index (χ4v) is 6.47. The number of carbonyl (C=O) groups excluding carboxylic acids is 1. The summed E-state index contributed by atoms with van der Waals surface area (Å²) in [6.07, 6.45) is 1.28. The lowest BCUT2D eigenvalue weighted by Gasteiger charge is -2.43. The van der Waals surface area contributed by atoms with Crippen molar-refractivity contribution in [2.75, 3.05) is 19.7 Å². The van der Waals surface area contributed by atoms with Gasteiger partial charge in [0.05, 0.1) is 25.4 Å². The summed E-state index contributed by atoms with van der Waals surface area (Å²) in [6, 6.07) is 33.9. The molecule has 4 aromatic carbocycles. The Kier molecular flexibility index (Phi) is 10.0. The number of ether oxygens (including phenoxy) is 2. The van der Waals surface area contributed by atoms with Crippen molar-refractivity contribution in [2.45, 2.75) is 57.5 Å². The largest absolute Gasteiger partial charge is 0.395 e. The van der Waals surface area contributed by atoms with Crippen molar-refractivity contribution >= 4 is 5.91 Å². The minimum Gasteiger partial charge on any atom is -0.395 e. The molecule has 2 heterocycles. The van der Waals surface area contributed by atoms with E-state index in [1.165, 1.54) is 0 Å². The summed E-state index contributed by atoms with van der Waals surface area (Å²) in [5, 5.41) is 22.5. The number of nitrogens with one attached hydrogen (secondary N) is 1. The van der Waals surface area contributed by atoms with Crippen LogP contribution in [0.25, 0.3) is 11.1 Å². The Hall–Kier alpha value is -3.85. The molecular formula is C38H42N2O5. The van der Waals surface area contributed by atoms with Gasteiger partial charge in [0, 0.05) is 36.2 Å². The highest BCUT2D eigenvalue weighted by atomic mass is 16.7. The molecule has 0 bridgehead atoms. The van der Waals surface area contributed by atoms with E-state index in [0.717, 1.165) is 59.3 Å². The highest BCUT2D eigenvalue weighted by Crippen LogP contribution is 2.42. The first kappa shape index (κ1) is 31.1. The summed E-state index contributed by atoms with van der Waals surface area (Å²) < 4.78 is 13.3. The molecule has 2 aliphatic rings. The molecule has 234 valence electrons. The van der Waals surface area contributed by atoms with Crippen LogP contribution in [0.1, 0.15) is 64.8 Å². The molecule has 2 aliphatic heterocycles. The van der Waals surface area contributed by atoms with Gasteiger partial charge in [-0.2, -0.15) is 0 Å². The Bertz CT molecular complexity index is 1540. The Labute approximate surface area is 265 Å². The fraction of sp³-hybridized carbons (Fsp3) is 0.342. The Balaban J connectivity index is 1.18. The van der Waals surface area contributed by atoms with Crippen LogP contribution in [-0.2, 0) is 22.6 Å². The van der Waals surface area contributed by atoms with E-state index < -0.39 is 6.29 Å². The van der Waals surface area contributed by atoms with E-state index in [1.54, 1.807) is 0 Å². The van der Waals surface area contributed by atoms with Crippen LogP contribution in [0, 0.1) is 5.92 Å². The Morgan fingerprint density at radius 1 is 0.844 bits per heavy atom. The van der Waals surface area contributed by atoms with Gasteiger partial charge in [0.15, 0.2) is 6.29 Å². The van der Waals surface area contributed by atoms with Gasteiger partial charge in [-0.25, -0.2) is 0 Å². The molecule has 0 spiro atoms. The topological polar surface area (TPSA) is 91.3 Å². The first-order valence-corrected chi connectivity index (χ1v) is 15.9. The lowest BCUT2D eigenvalue weighted by molar-refractivity contribution is -0.276. The summed E-state index contributed by atoms with van der Waals surface area (Å²) in [6.45, 7) is 4.48. The highest BCUT2D eigenvalue weighted by Gasteiger charge is 2.40. The summed E-state index contributed by atoms with van der Waals surface area (Å²) in [7, 11) is 0. The summed E-state index contributed by atoms with van der Waals surface area (Å²) in [5.74, 6) is -0.00437. The maximum absolute atomic E-state index is 12.5. The van der Waals surface area contributed by atoms with Crippen molar-refractivity contribution < 1.29 is 24.5 Å². The summed E-state index contributed by atoms with van der Waals surface area (Å²) >= 11 is 0. The summed E-state index contributed by atoms with van der Waals surface area (Å²) in [5.41, 5.74) is 6.67. The first-order chi connectivity index (χ1) is 22.0. The quantitative estimate of drug-likeness (QED) is 0.204. The second-order valence-electron chi connectivity index (χ2n) is 12.2. The van der Waals surface area contributed by atoms with Gasteiger partial charge in [0.1, 0.15) is 0 Å². The molecule has 5 atom stereocenters. The second-order valence-corrected chi connectivity index (χ2v) is 12.2. The molecule has 0 aliphatic carbocycles. The van der Waals surface area contributed by atoms with E-state index >= 15 is 0 Å². The lowest BCUT2D eigenvalue weighted by Crippen LogP contribution is -2.46. The average Bonchev–Trinajstić information content (AvgIpc) is 3.56. The van der Waals surface area contributed by atoms with E-state index in [9.17, 15) is 15.0 Å².